The average molecular weight is 733 g/mol. The summed E-state index contributed by atoms with van der Waals surface area (Å²) in [5.74, 6) is 1.31. The smallest absolute Gasteiger partial charge is 0.154 e. The Morgan fingerprint density at radius 3 is 1.95 bits per heavy atom. The molecule has 0 radical (unpaired) electrons. The van der Waals surface area contributed by atoms with E-state index in [1.165, 1.54) is 16.2 Å². The van der Waals surface area contributed by atoms with Gasteiger partial charge in [-0.05, 0) is 85.8 Å². The maximum atomic E-state index is 6.59. The van der Waals surface area contributed by atoms with E-state index in [-0.39, 0.29) is 0 Å². The summed E-state index contributed by atoms with van der Waals surface area (Å²) in [5, 5.41) is 7.80. The van der Waals surface area contributed by atoms with Crippen molar-refractivity contribution >= 4 is 72.6 Å². The third-order valence-electron chi connectivity index (χ3n) is 10.6. The maximum absolute atomic E-state index is 6.59. The fraction of sp³-hybridized carbons (Fsp3) is 0.0189. The first-order valence-electron chi connectivity index (χ1n) is 19.1. The summed E-state index contributed by atoms with van der Waals surface area (Å²) in [6.07, 6.45) is 7.49. The quantitative estimate of drug-likeness (QED) is 0.0887. The van der Waals surface area contributed by atoms with Crippen LogP contribution in [0.2, 0.25) is 0 Å². The number of fused-ring (bicyclic) bond motifs is 6. The molecule has 0 aliphatic heterocycles. The van der Waals surface area contributed by atoms with Crippen molar-refractivity contribution in [2.75, 3.05) is 0 Å². The number of rotatable bonds is 8. The molecule has 0 atom stereocenters. The van der Waals surface area contributed by atoms with E-state index in [2.05, 4.69) is 152 Å². The molecular weight excluding hydrogens is 697 g/mol. The second-order valence-electron chi connectivity index (χ2n) is 14.2. The molecular formula is C53H36N2O2. The summed E-state index contributed by atoms with van der Waals surface area (Å²) >= 11 is 0. The van der Waals surface area contributed by atoms with Gasteiger partial charge in [-0.1, -0.05) is 158 Å². The van der Waals surface area contributed by atoms with Gasteiger partial charge >= 0.3 is 0 Å². The average Bonchev–Trinajstić information content (AvgIpc) is 3.82. The Bertz CT molecular complexity index is 3220. The maximum Gasteiger partial charge on any atom is 0.154 e. The highest BCUT2D eigenvalue weighted by Gasteiger charge is 2.20. The molecule has 0 bridgehead atoms. The molecule has 8 aromatic carbocycles. The Morgan fingerprint density at radius 2 is 1.19 bits per heavy atom. The van der Waals surface area contributed by atoms with Crippen molar-refractivity contribution in [1.29, 1.82) is 0 Å². The van der Waals surface area contributed by atoms with Crippen LogP contribution in [-0.4, -0.2) is 12.1 Å². The molecule has 4 heteroatoms. The van der Waals surface area contributed by atoms with E-state index in [4.69, 9.17) is 18.8 Å². The summed E-state index contributed by atoms with van der Waals surface area (Å²) in [6.45, 7) is 4.40. The lowest BCUT2D eigenvalue weighted by atomic mass is 9.94. The first-order chi connectivity index (χ1) is 28.2. The molecule has 0 saturated heterocycles. The lowest BCUT2D eigenvalue weighted by Crippen LogP contribution is -2.00. The molecule has 2 aromatic heterocycles. The molecule has 57 heavy (non-hydrogen) atoms. The van der Waals surface area contributed by atoms with Crippen molar-refractivity contribution in [1.82, 2.24) is 0 Å². The van der Waals surface area contributed by atoms with Gasteiger partial charge in [-0.2, -0.15) is 0 Å². The van der Waals surface area contributed by atoms with E-state index in [1.54, 1.807) is 6.08 Å². The van der Waals surface area contributed by atoms with Gasteiger partial charge in [-0.3, -0.25) is 4.99 Å². The van der Waals surface area contributed by atoms with Crippen molar-refractivity contribution in [2.24, 2.45) is 9.98 Å². The lowest BCUT2D eigenvalue weighted by molar-refractivity contribution is 0.603. The Morgan fingerprint density at radius 1 is 0.544 bits per heavy atom. The molecule has 4 nitrogen and oxygen atoms in total. The van der Waals surface area contributed by atoms with E-state index >= 15 is 0 Å². The van der Waals surface area contributed by atoms with Gasteiger partial charge in [0.2, 0.25) is 0 Å². The molecule has 0 aliphatic carbocycles. The van der Waals surface area contributed by atoms with E-state index in [1.807, 2.05) is 42.6 Å². The van der Waals surface area contributed by atoms with Crippen LogP contribution in [-0.2, 0) is 6.54 Å². The van der Waals surface area contributed by atoms with Crippen LogP contribution in [0.1, 0.15) is 22.5 Å². The molecule has 270 valence electrons. The van der Waals surface area contributed by atoms with Gasteiger partial charge in [-0.25, -0.2) is 4.99 Å². The van der Waals surface area contributed by atoms with E-state index in [0.717, 1.165) is 77.2 Å². The van der Waals surface area contributed by atoms with Crippen molar-refractivity contribution < 1.29 is 8.83 Å². The molecule has 10 aromatic rings. The van der Waals surface area contributed by atoms with Crippen LogP contribution in [0.25, 0.3) is 82.8 Å². The molecule has 10 rings (SSSR count). The highest BCUT2D eigenvalue weighted by molar-refractivity contribution is 6.20. The first-order valence-corrected chi connectivity index (χ1v) is 19.1. The number of aliphatic imine (C=N–C) groups is 2. The Kier molecular flexibility index (Phi) is 8.69. The third kappa shape index (κ3) is 6.43. The molecule has 0 unspecified atom stereocenters. The van der Waals surface area contributed by atoms with Gasteiger partial charge in [-0.15, -0.1) is 0 Å². The summed E-state index contributed by atoms with van der Waals surface area (Å²) in [5.41, 5.74) is 9.72. The minimum absolute atomic E-state index is 0.475. The van der Waals surface area contributed by atoms with Gasteiger partial charge in [0.1, 0.15) is 22.5 Å². The topological polar surface area (TPSA) is 51.0 Å². The normalized spacial score (nSPS) is 12.3. The Balaban J connectivity index is 1.13. The van der Waals surface area contributed by atoms with Crippen molar-refractivity contribution in [3.8, 4) is 22.3 Å². The number of hydrogen-bond acceptors (Lipinski definition) is 3. The number of benzene rings is 8. The van der Waals surface area contributed by atoms with Crippen molar-refractivity contribution in [2.45, 2.75) is 6.54 Å². The highest BCUT2D eigenvalue weighted by atomic mass is 16.3. The SMILES string of the molecule is C=C/C=C\c1oc2cccc(-c3cccc4oc5cc6ccccc6cc5c34)c2c1/C=N/C(=N\Cc1ccc2ccccc2c1)c1ccc(-c2ccccc2)cc1. The fourth-order valence-electron chi connectivity index (χ4n) is 7.84. The van der Waals surface area contributed by atoms with Crippen LogP contribution in [0.3, 0.4) is 0 Å². The summed E-state index contributed by atoms with van der Waals surface area (Å²) in [4.78, 5) is 10.4. The molecule has 0 fully saturated rings. The van der Waals surface area contributed by atoms with E-state index in [9.17, 15) is 0 Å². The highest BCUT2D eigenvalue weighted by Crippen LogP contribution is 2.42. The Labute approximate surface area is 330 Å². The van der Waals surface area contributed by atoms with E-state index in [0.29, 0.717) is 18.1 Å². The zero-order chi connectivity index (χ0) is 38.1. The van der Waals surface area contributed by atoms with Crippen LogP contribution >= 0.6 is 0 Å². The molecule has 0 aliphatic rings. The number of furan rings is 2. The molecule has 0 spiro atoms. The van der Waals surface area contributed by atoms with Gasteiger partial charge in [0.05, 0.1) is 6.54 Å². The third-order valence-corrected chi connectivity index (χ3v) is 10.6. The van der Waals surface area contributed by atoms with Crippen LogP contribution in [0.15, 0.2) is 207 Å². The minimum Gasteiger partial charge on any atom is -0.456 e. The van der Waals surface area contributed by atoms with Gasteiger partial charge in [0.15, 0.2) is 5.84 Å². The predicted octanol–water partition coefficient (Wildman–Crippen LogP) is 14.2. The second kappa shape index (κ2) is 14.6. The first kappa shape index (κ1) is 34.0. The predicted molar refractivity (Wildman–Crippen MR) is 239 cm³/mol. The zero-order valence-electron chi connectivity index (χ0n) is 31.1. The van der Waals surface area contributed by atoms with Crippen LogP contribution in [0, 0.1) is 0 Å². The zero-order valence-corrected chi connectivity index (χ0v) is 31.1. The molecule has 0 amide bonds. The second-order valence-corrected chi connectivity index (χ2v) is 14.2. The van der Waals surface area contributed by atoms with Gasteiger partial charge < -0.3 is 8.83 Å². The summed E-state index contributed by atoms with van der Waals surface area (Å²) in [6, 6.07) is 59.0. The summed E-state index contributed by atoms with van der Waals surface area (Å²) < 4.78 is 13.1. The number of nitrogens with zero attached hydrogens (tertiary/aromatic N) is 2. The minimum atomic E-state index is 0.475. The van der Waals surface area contributed by atoms with E-state index < -0.39 is 0 Å². The number of hydrogen-bond donors (Lipinski definition) is 0. The monoisotopic (exact) mass is 732 g/mol. The molecule has 2 heterocycles. The fourth-order valence-corrected chi connectivity index (χ4v) is 7.84. The van der Waals surface area contributed by atoms with Crippen molar-refractivity contribution in [3.05, 3.63) is 211 Å². The number of amidine groups is 1. The van der Waals surface area contributed by atoms with Crippen LogP contribution in [0.5, 0.6) is 0 Å². The van der Waals surface area contributed by atoms with Gasteiger partial charge in [0, 0.05) is 33.5 Å². The van der Waals surface area contributed by atoms with Crippen molar-refractivity contribution in [3.63, 3.8) is 0 Å². The van der Waals surface area contributed by atoms with Crippen LogP contribution < -0.4 is 0 Å². The number of allylic oxidation sites excluding steroid dienone is 2. The largest absolute Gasteiger partial charge is 0.456 e. The van der Waals surface area contributed by atoms with Crippen LogP contribution in [0.4, 0.5) is 0 Å². The summed E-state index contributed by atoms with van der Waals surface area (Å²) in [7, 11) is 0. The standard InChI is InChI=1S/C53H36N2O2/c1-2-3-21-47-46(52-44(20-12-23-49(52)56-47)43-19-11-22-48-51(43)45-31-41-17-9-10-18-42(41)32-50(45)57-48)34-55-53(39-28-26-38(27-29-39)36-13-5-4-6-14-36)54-33-35-24-25-37-15-7-8-16-40(37)30-35/h2-32,34H,1,33H2/b21-3-,54-53-,55-34+. The van der Waals surface area contributed by atoms with Gasteiger partial charge in [0.25, 0.3) is 0 Å². The molecule has 0 saturated carbocycles. The molecule has 0 N–H and O–H groups in total. The lowest BCUT2D eigenvalue weighted by Gasteiger charge is -2.08. The Hall–Kier alpha value is -7.56.